The summed E-state index contributed by atoms with van der Waals surface area (Å²) in [5.41, 5.74) is 14.7. The van der Waals surface area contributed by atoms with E-state index in [0.717, 1.165) is 103 Å². The second-order valence-corrected chi connectivity index (χ2v) is 14.5. The number of aryl methyl sites for hydroxylation is 2. The highest BCUT2D eigenvalue weighted by molar-refractivity contribution is 6.13. The normalized spacial score (nSPS) is 15.2. The molecular weight excluding hydrogens is 697 g/mol. The van der Waals surface area contributed by atoms with Gasteiger partial charge in [0.2, 0.25) is 0 Å². The van der Waals surface area contributed by atoms with Crippen molar-refractivity contribution in [3.05, 3.63) is 204 Å². The summed E-state index contributed by atoms with van der Waals surface area (Å²) in [5.74, 6) is 1.53. The maximum atomic E-state index is 5.58. The highest BCUT2D eigenvalue weighted by Crippen LogP contribution is 2.38. The molecule has 7 aromatic rings. The van der Waals surface area contributed by atoms with Crippen LogP contribution in [-0.2, 0) is 0 Å². The van der Waals surface area contributed by atoms with Crippen LogP contribution in [0.5, 0.6) is 0 Å². The minimum absolute atomic E-state index is 0.249. The van der Waals surface area contributed by atoms with Crippen molar-refractivity contribution in [1.29, 1.82) is 0 Å². The molecule has 3 heterocycles. The van der Waals surface area contributed by atoms with Gasteiger partial charge >= 0.3 is 0 Å². The summed E-state index contributed by atoms with van der Waals surface area (Å²) in [6.07, 6.45) is 8.42. The number of aromatic nitrogens is 3. The Kier molecular flexibility index (Phi) is 9.75. The molecular formula is C51H42N6. The molecule has 2 aromatic heterocycles. The zero-order chi connectivity index (χ0) is 38.7. The molecule has 2 aliphatic rings. The monoisotopic (exact) mass is 738 g/mol. The van der Waals surface area contributed by atoms with E-state index in [1.54, 1.807) is 0 Å². The van der Waals surface area contributed by atoms with Gasteiger partial charge in [-0.3, -0.25) is 4.98 Å². The topological polar surface area (TPSA) is 66.6 Å². The lowest BCUT2D eigenvalue weighted by atomic mass is 9.95. The largest absolute Gasteiger partial charge is 0.333 e. The second-order valence-electron chi connectivity index (χ2n) is 14.5. The van der Waals surface area contributed by atoms with E-state index in [1.165, 1.54) is 0 Å². The Morgan fingerprint density at radius 2 is 1.12 bits per heavy atom. The molecule has 6 heteroatoms. The van der Waals surface area contributed by atoms with Crippen molar-refractivity contribution in [2.75, 3.05) is 7.05 Å². The van der Waals surface area contributed by atoms with Crippen molar-refractivity contribution in [2.45, 2.75) is 32.9 Å². The molecule has 0 fully saturated rings. The number of hydrogen-bond donors (Lipinski definition) is 0. The Labute approximate surface area is 334 Å². The molecule has 6 nitrogen and oxygen atoms in total. The summed E-state index contributed by atoms with van der Waals surface area (Å²) in [6, 6.07) is 52.4. The SMILES string of the molecule is Cc1ccc(-c2ccc(-c3nc(-c4ccccc4)c(C4=CCCC=C4)nc3-c3cccc(C4=NC(c5ccccc5)=NC(c5ccccc5)N4C)c3)cc2)c(C)n1. The maximum Gasteiger partial charge on any atom is 0.159 e. The minimum atomic E-state index is -0.249. The van der Waals surface area contributed by atoms with Crippen molar-refractivity contribution >= 4 is 17.2 Å². The van der Waals surface area contributed by atoms with E-state index in [4.69, 9.17) is 24.9 Å². The van der Waals surface area contributed by atoms with Crippen LogP contribution in [0.2, 0.25) is 0 Å². The molecule has 276 valence electrons. The fraction of sp³-hybridized carbons (Fsp3) is 0.118. The van der Waals surface area contributed by atoms with Crippen LogP contribution in [0.4, 0.5) is 0 Å². The van der Waals surface area contributed by atoms with E-state index in [9.17, 15) is 0 Å². The third-order valence-corrected chi connectivity index (χ3v) is 10.6. The smallest absolute Gasteiger partial charge is 0.159 e. The number of amidine groups is 2. The van der Waals surface area contributed by atoms with Gasteiger partial charge in [-0.15, -0.1) is 0 Å². The minimum Gasteiger partial charge on any atom is -0.333 e. The molecule has 0 N–H and O–H groups in total. The summed E-state index contributed by atoms with van der Waals surface area (Å²) < 4.78 is 0. The lowest BCUT2D eigenvalue weighted by molar-refractivity contribution is 0.383. The van der Waals surface area contributed by atoms with E-state index < -0.39 is 0 Å². The van der Waals surface area contributed by atoms with Crippen molar-refractivity contribution in [2.24, 2.45) is 9.98 Å². The first kappa shape index (κ1) is 35.6. The molecule has 1 unspecified atom stereocenters. The standard InChI is InChI=1S/C51H42N6/c1-34-27-32-44(35(2)52-34)36-28-30-39(31-29-36)47-48(54-46(38-19-10-5-11-20-38)45(53-47)37-17-8-4-9-18-37)42-25-16-26-43(33-42)51-56-49(40-21-12-6-13-22-40)55-50(57(51)3)41-23-14-7-15-24-41/h4,6-10,12-33,50H,5,11H2,1-3H3. The van der Waals surface area contributed by atoms with Gasteiger partial charge in [0.15, 0.2) is 5.84 Å². The molecule has 0 saturated carbocycles. The summed E-state index contributed by atoms with van der Waals surface area (Å²) in [5, 5.41) is 0. The molecule has 0 radical (unpaired) electrons. The third kappa shape index (κ3) is 7.26. The van der Waals surface area contributed by atoms with Crippen LogP contribution in [-0.4, -0.2) is 38.6 Å². The number of allylic oxidation sites excluding steroid dienone is 4. The maximum absolute atomic E-state index is 5.58. The number of aliphatic imine (C=N–C) groups is 2. The average molecular weight is 739 g/mol. The predicted octanol–water partition coefficient (Wildman–Crippen LogP) is 11.7. The van der Waals surface area contributed by atoms with E-state index in [0.29, 0.717) is 5.84 Å². The molecule has 5 aromatic carbocycles. The molecule has 57 heavy (non-hydrogen) atoms. The van der Waals surface area contributed by atoms with Gasteiger partial charge in [0.1, 0.15) is 12.0 Å². The summed E-state index contributed by atoms with van der Waals surface area (Å²) in [7, 11) is 2.07. The van der Waals surface area contributed by atoms with Crippen LogP contribution in [0.1, 0.15) is 52.8 Å². The molecule has 0 amide bonds. The van der Waals surface area contributed by atoms with Gasteiger partial charge in [0.05, 0.1) is 22.8 Å². The molecule has 0 saturated heterocycles. The first-order chi connectivity index (χ1) is 28.0. The molecule has 1 aliphatic carbocycles. The highest BCUT2D eigenvalue weighted by Gasteiger charge is 2.28. The quantitative estimate of drug-likeness (QED) is 0.156. The van der Waals surface area contributed by atoms with Crippen molar-refractivity contribution < 1.29 is 0 Å². The lowest BCUT2D eigenvalue weighted by Gasteiger charge is -2.32. The Hall–Kier alpha value is -7.05. The van der Waals surface area contributed by atoms with Gasteiger partial charge < -0.3 is 4.90 Å². The summed E-state index contributed by atoms with van der Waals surface area (Å²) in [6.45, 7) is 4.09. The first-order valence-electron chi connectivity index (χ1n) is 19.5. The number of rotatable bonds is 8. The second kappa shape index (κ2) is 15.6. The zero-order valence-corrected chi connectivity index (χ0v) is 32.3. The Balaban J connectivity index is 1.22. The molecule has 0 bridgehead atoms. The van der Waals surface area contributed by atoms with Gasteiger partial charge in [0, 0.05) is 51.8 Å². The third-order valence-electron chi connectivity index (χ3n) is 10.6. The van der Waals surface area contributed by atoms with E-state index in [-0.39, 0.29) is 6.17 Å². The number of benzene rings is 5. The van der Waals surface area contributed by atoms with E-state index >= 15 is 0 Å². The number of nitrogens with zero attached hydrogens (tertiary/aromatic N) is 6. The zero-order valence-electron chi connectivity index (χ0n) is 32.3. The van der Waals surface area contributed by atoms with Crippen molar-refractivity contribution in [3.8, 4) is 44.9 Å². The van der Waals surface area contributed by atoms with Crippen molar-refractivity contribution in [3.63, 3.8) is 0 Å². The fourth-order valence-electron chi connectivity index (χ4n) is 7.67. The van der Waals surface area contributed by atoms with Crippen molar-refractivity contribution in [1.82, 2.24) is 19.9 Å². The lowest BCUT2D eigenvalue weighted by Crippen LogP contribution is -2.35. The van der Waals surface area contributed by atoms with Crippen LogP contribution in [0, 0.1) is 13.8 Å². The molecule has 0 spiro atoms. The van der Waals surface area contributed by atoms with Crippen LogP contribution in [0.15, 0.2) is 180 Å². The van der Waals surface area contributed by atoms with Crippen LogP contribution < -0.4 is 0 Å². The van der Waals surface area contributed by atoms with Gasteiger partial charge in [-0.2, -0.15) is 0 Å². The molecule has 1 aliphatic heterocycles. The first-order valence-corrected chi connectivity index (χ1v) is 19.5. The Bertz CT molecular complexity index is 2700. The highest BCUT2D eigenvalue weighted by atomic mass is 15.3. The van der Waals surface area contributed by atoms with Gasteiger partial charge in [-0.1, -0.05) is 158 Å². The van der Waals surface area contributed by atoms with Crippen LogP contribution in [0.3, 0.4) is 0 Å². The molecule has 9 rings (SSSR count). The molecule has 1 atom stereocenters. The summed E-state index contributed by atoms with van der Waals surface area (Å²) in [4.78, 5) is 28.4. The van der Waals surface area contributed by atoms with Gasteiger partial charge in [-0.05, 0) is 55.5 Å². The predicted molar refractivity (Wildman–Crippen MR) is 234 cm³/mol. The average Bonchev–Trinajstić information content (AvgIpc) is 3.27. The van der Waals surface area contributed by atoms with Crippen LogP contribution >= 0.6 is 0 Å². The Morgan fingerprint density at radius 1 is 0.526 bits per heavy atom. The number of hydrogen-bond acceptors (Lipinski definition) is 6. The Morgan fingerprint density at radius 3 is 1.82 bits per heavy atom. The van der Waals surface area contributed by atoms with Gasteiger partial charge in [-0.25, -0.2) is 20.0 Å². The summed E-state index contributed by atoms with van der Waals surface area (Å²) >= 11 is 0. The van der Waals surface area contributed by atoms with Crippen LogP contribution in [0.25, 0.3) is 50.5 Å². The van der Waals surface area contributed by atoms with Gasteiger partial charge in [0.25, 0.3) is 0 Å². The number of pyridine rings is 1. The van der Waals surface area contributed by atoms with E-state index in [1.807, 2.05) is 37.3 Å². The fourth-order valence-corrected chi connectivity index (χ4v) is 7.67. The van der Waals surface area contributed by atoms with E-state index in [2.05, 4.69) is 158 Å².